The van der Waals surface area contributed by atoms with Gasteiger partial charge in [0.05, 0.1) is 6.54 Å². The highest BCUT2D eigenvalue weighted by Crippen LogP contribution is 2.28. The zero-order valence-corrected chi connectivity index (χ0v) is 20.4. The van der Waals surface area contributed by atoms with Crippen LogP contribution < -0.4 is 20.7 Å². The van der Waals surface area contributed by atoms with Crippen LogP contribution in [0.4, 0.5) is 4.39 Å². The van der Waals surface area contributed by atoms with E-state index >= 15 is 0 Å². The van der Waals surface area contributed by atoms with Crippen LogP contribution in [0.3, 0.4) is 0 Å². The van der Waals surface area contributed by atoms with Gasteiger partial charge in [0.2, 0.25) is 0 Å². The van der Waals surface area contributed by atoms with Crippen molar-refractivity contribution in [1.82, 2.24) is 18.7 Å². The van der Waals surface area contributed by atoms with Crippen molar-refractivity contribution in [3.63, 3.8) is 0 Å². The number of benzene rings is 2. The zero-order chi connectivity index (χ0) is 24.2. The third-order valence-corrected chi connectivity index (χ3v) is 5.41. The number of aryl methyl sites for hydroxylation is 1. The number of hydrogen-bond acceptors (Lipinski definition) is 6. The third kappa shape index (κ3) is 4.99. The molecule has 0 aliphatic heterocycles. The highest BCUT2D eigenvalue weighted by Gasteiger charge is 2.22. The van der Waals surface area contributed by atoms with E-state index in [-0.39, 0.29) is 49.0 Å². The van der Waals surface area contributed by atoms with Gasteiger partial charge in [0.15, 0.2) is 11.2 Å². The Balaban J connectivity index is 1.88. The van der Waals surface area contributed by atoms with Crippen LogP contribution in [0.15, 0.2) is 64.2 Å². The van der Waals surface area contributed by atoms with Gasteiger partial charge in [0.25, 0.3) is 9.92 Å². The van der Waals surface area contributed by atoms with E-state index < -0.39 is 15.6 Å². The maximum Gasteiger partial charge on any atom is 0.332 e. The summed E-state index contributed by atoms with van der Waals surface area (Å²) in [5.41, 5.74) is 0.205. The van der Waals surface area contributed by atoms with Crippen LogP contribution in [-0.4, -0.2) is 34.8 Å². The Bertz CT molecular complexity index is 1410. The molecule has 0 radical (unpaired) electrons. The summed E-state index contributed by atoms with van der Waals surface area (Å²) in [5, 5.41) is 9.19. The maximum absolute atomic E-state index is 13.3. The van der Waals surface area contributed by atoms with E-state index in [1.54, 1.807) is 22.8 Å². The minimum atomic E-state index is -1.53. The Hall–Kier alpha value is -3.19. The summed E-state index contributed by atoms with van der Waals surface area (Å²) in [7, 11) is 1.53. The van der Waals surface area contributed by atoms with Crippen LogP contribution in [0.1, 0.15) is 12.0 Å². The maximum atomic E-state index is 13.3. The molecule has 4 aromatic rings. The highest BCUT2D eigenvalue weighted by atomic mass is 127. The van der Waals surface area contributed by atoms with Gasteiger partial charge in [-0.15, -0.1) is 0 Å². The lowest BCUT2D eigenvalue weighted by Gasteiger charge is -2.12. The van der Waals surface area contributed by atoms with Gasteiger partial charge in [0.1, 0.15) is 11.5 Å². The molecule has 0 bridgehead atoms. The fraction of sp³-hybridized carbons (Fsp3) is 0.261. The van der Waals surface area contributed by atoms with Crippen molar-refractivity contribution in [2.24, 2.45) is 7.05 Å². The van der Waals surface area contributed by atoms with Crippen molar-refractivity contribution >= 4 is 33.8 Å². The van der Waals surface area contributed by atoms with Gasteiger partial charge >= 0.3 is 11.7 Å². The van der Waals surface area contributed by atoms with Crippen molar-refractivity contribution in [3.05, 3.63) is 81.0 Å². The summed E-state index contributed by atoms with van der Waals surface area (Å²) in [5.74, 6) is 0.591. The summed E-state index contributed by atoms with van der Waals surface area (Å²) in [4.78, 5) is 30.6. The summed E-state index contributed by atoms with van der Waals surface area (Å²) >= 11 is 1.50. The van der Waals surface area contributed by atoms with E-state index in [4.69, 9.17) is 9.47 Å². The Morgan fingerprint density at radius 2 is 1.82 bits per heavy atom. The predicted molar refractivity (Wildman–Crippen MR) is 133 cm³/mol. The number of hydrogen-bond donors (Lipinski definition) is 1. The first-order valence-electron chi connectivity index (χ1n) is 10.5. The zero-order valence-electron chi connectivity index (χ0n) is 18.2. The Labute approximate surface area is 207 Å². The van der Waals surface area contributed by atoms with E-state index in [1.165, 1.54) is 40.3 Å². The summed E-state index contributed by atoms with van der Waals surface area (Å²) < 4.78 is 26.8. The molecule has 0 spiro atoms. The van der Waals surface area contributed by atoms with Gasteiger partial charge in [-0.3, -0.25) is 18.5 Å². The molecule has 178 valence electrons. The van der Waals surface area contributed by atoms with E-state index in [0.29, 0.717) is 5.75 Å². The van der Waals surface area contributed by atoms with Crippen molar-refractivity contribution in [2.75, 3.05) is 6.61 Å². The SMILES string of the molecule is Cn1c(=O)n(CCCO)c(=O)c2c1nc(Oc1cccc(OC(F)I)c1)n2Cc1ccccc1. The van der Waals surface area contributed by atoms with Crippen LogP contribution >= 0.6 is 22.6 Å². The number of fused-ring (bicyclic) bond motifs is 1. The molecule has 11 heteroatoms. The van der Waals surface area contributed by atoms with E-state index in [2.05, 4.69) is 4.98 Å². The van der Waals surface area contributed by atoms with Crippen LogP contribution in [-0.2, 0) is 20.1 Å². The molecule has 1 unspecified atom stereocenters. The Morgan fingerprint density at radius 3 is 2.53 bits per heavy atom. The third-order valence-electron chi connectivity index (χ3n) is 5.16. The Kier molecular flexibility index (Phi) is 7.32. The standard InChI is InChI=1S/C23H22FIN4O5/c1-27-19-18(20(31)28(23(27)32)11-6-12-30)29(14-15-7-3-2-4-8-15)22(26-19)34-17-10-5-9-16(13-17)33-21(24)25/h2-5,7-10,13,21,30H,6,11-12,14H2,1H3. The molecule has 0 amide bonds. The molecule has 2 aromatic heterocycles. The first-order chi connectivity index (χ1) is 16.4. The fourth-order valence-corrected chi connectivity index (χ4v) is 3.88. The average Bonchev–Trinajstić information content (AvgIpc) is 3.16. The lowest BCUT2D eigenvalue weighted by atomic mass is 10.2. The van der Waals surface area contributed by atoms with Crippen LogP contribution in [0.25, 0.3) is 11.2 Å². The first kappa shape index (κ1) is 24.0. The lowest BCUT2D eigenvalue weighted by molar-refractivity contribution is 0.170. The number of nitrogens with zero attached hydrogens (tertiary/aromatic N) is 4. The number of ether oxygens (including phenoxy) is 2. The van der Waals surface area contributed by atoms with Crippen LogP contribution in [0.5, 0.6) is 17.5 Å². The van der Waals surface area contributed by atoms with Crippen molar-refractivity contribution < 1.29 is 19.0 Å². The molecule has 0 aliphatic rings. The second kappa shape index (κ2) is 10.4. The molecule has 0 aliphatic carbocycles. The number of aromatic nitrogens is 4. The first-order valence-corrected chi connectivity index (χ1v) is 11.7. The quantitative estimate of drug-likeness (QED) is 0.241. The second-order valence-electron chi connectivity index (χ2n) is 7.47. The molecule has 2 aromatic carbocycles. The highest BCUT2D eigenvalue weighted by molar-refractivity contribution is 14.1. The molecule has 4 rings (SSSR count). The summed E-state index contributed by atoms with van der Waals surface area (Å²) in [6.07, 6.45) is 0.260. The van der Waals surface area contributed by atoms with Crippen LogP contribution in [0, 0.1) is 0 Å². The smallest absolute Gasteiger partial charge is 0.332 e. The molecular formula is C23H22FIN4O5. The van der Waals surface area contributed by atoms with Crippen molar-refractivity contribution in [3.8, 4) is 17.5 Å². The van der Waals surface area contributed by atoms with E-state index in [9.17, 15) is 19.1 Å². The molecule has 9 nitrogen and oxygen atoms in total. The number of imidazole rings is 1. The predicted octanol–water partition coefficient (Wildman–Crippen LogP) is 3.19. The summed E-state index contributed by atoms with van der Waals surface area (Å²) in [6.45, 7) is 0.183. The van der Waals surface area contributed by atoms with Crippen LogP contribution in [0.2, 0.25) is 0 Å². The molecule has 0 saturated carbocycles. The fourth-order valence-electron chi connectivity index (χ4n) is 3.59. The molecule has 2 heterocycles. The largest absolute Gasteiger partial charge is 0.452 e. The summed E-state index contributed by atoms with van der Waals surface area (Å²) in [6, 6.07) is 15.9. The average molecular weight is 580 g/mol. The second-order valence-corrected chi connectivity index (χ2v) is 8.45. The number of aliphatic hydroxyl groups excluding tert-OH is 1. The molecule has 1 atom stereocenters. The van der Waals surface area contributed by atoms with Gasteiger partial charge in [-0.05, 0) is 24.1 Å². The monoisotopic (exact) mass is 580 g/mol. The molecule has 0 fully saturated rings. The van der Waals surface area contributed by atoms with Gasteiger partial charge in [-0.2, -0.15) is 9.37 Å². The van der Waals surface area contributed by atoms with Gasteiger partial charge in [0, 0.05) is 48.9 Å². The lowest BCUT2D eigenvalue weighted by Crippen LogP contribution is -2.39. The Morgan fingerprint density at radius 1 is 1.09 bits per heavy atom. The number of alkyl halides is 2. The van der Waals surface area contributed by atoms with E-state index in [1.807, 2.05) is 30.3 Å². The van der Waals surface area contributed by atoms with Gasteiger partial charge in [-0.1, -0.05) is 36.4 Å². The minimum Gasteiger partial charge on any atom is -0.452 e. The number of aliphatic hydroxyl groups is 1. The molecule has 0 saturated heterocycles. The van der Waals surface area contributed by atoms with Crippen molar-refractivity contribution in [1.29, 1.82) is 0 Å². The van der Waals surface area contributed by atoms with Crippen molar-refractivity contribution in [2.45, 2.75) is 23.9 Å². The molecular weight excluding hydrogens is 558 g/mol. The molecule has 1 N–H and O–H groups in total. The topological polar surface area (TPSA) is 101 Å². The van der Waals surface area contributed by atoms with Gasteiger partial charge < -0.3 is 14.6 Å². The van der Waals surface area contributed by atoms with Gasteiger partial charge in [-0.25, -0.2) is 4.79 Å². The number of halogens is 2. The minimum absolute atomic E-state index is 0.0741. The molecule has 34 heavy (non-hydrogen) atoms. The normalized spacial score (nSPS) is 12.1. The number of rotatable bonds is 9. The van der Waals surface area contributed by atoms with E-state index in [0.717, 1.165) is 10.1 Å².